The molecule has 2 fully saturated rings. The van der Waals surface area contributed by atoms with Crippen LogP contribution in [0.5, 0.6) is 0 Å². The molecule has 0 atom stereocenters. The van der Waals surface area contributed by atoms with Gasteiger partial charge in [0.25, 0.3) is 0 Å². The van der Waals surface area contributed by atoms with Gasteiger partial charge in [-0.05, 0) is 46.1 Å². The summed E-state index contributed by atoms with van der Waals surface area (Å²) >= 11 is 0. The van der Waals surface area contributed by atoms with E-state index in [4.69, 9.17) is 4.74 Å². The molecule has 1 amide bonds. The van der Waals surface area contributed by atoms with Crippen molar-refractivity contribution in [2.45, 2.75) is 58.6 Å². The average molecular weight is 430 g/mol. The Morgan fingerprint density at radius 2 is 1.97 bits per heavy atom. The van der Waals surface area contributed by atoms with Crippen molar-refractivity contribution in [1.82, 2.24) is 9.88 Å². The van der Waals surface area contributed by atoms with Gasteiger partial charge in [-0.25, -0.2) is 4.98 Å². The molecule has 166 valence electrons. The molecule has 9 heteroatoms. The molecule has 1 aromatic rings. The summed E-state index contributed by atoms with van der Waals surface area (Å²) < 4.78 is 19.1. The second kappa shape index (κ2) is 9.00. The standard InChI is InChI=1S/C22H27FN4O4/c1-22(2,3)31-21(30)14-6-9-26(10-7-14)20-15(12-24)11-16(19(23)29)17(25-20)13-27-8-4-5-18(27)28/h11,14H,4-10,13H2,1-3H3. The minimum Gasteiger partial charge on any atom is -0.460 e. The first-order valence-corrected chi connectivity index (χ1v) is 10.5. The fraction of sp³-hybridized carbons (Fsp3) is 0.591. The van der Waals surface area contributed by atoms with E-state index in [9.17, 15) is 24.0 Å². The summed E-state index contributed by atoms with van der Waals surface area (Å²) in [6, 6.07) is 1.52. The Morgan fingerprint density at radius 3 is 2.48 bits per heavy atom. The number of hydrogen-bond acceptors (Lipinski definition) is 7. The minimum absolute atomic E-state index is 0.0247. The largest absolute Gasteiger partial charge is 0.460 e. The number of likely N-dealkylation sites (tertiary alicyclic amines) is 1. The maximum Gasteiger partial charge on any atom is 0.334 e. The molecule has 0 unspecified atom stereocenters. The van der Waals surface area contributed by atoms with Gasteiger partial charge in [-0.1, -0.05) is 0 Å². The quantitative estimate of drug-likeness (QED) is 0.523. The number of rotatable bonds is 5. The normalized spacial score (nSPS) is 17.6. The molecule has 2 aliphatic rings. The predicted octanol–water partition coefficient (Wildman–Crippen LogP) is 2.74. The number of halogens is 1. The lowest BCUT2D eigenvalue weighted by Gasteiger charge is -2.34. The number of aromatic nitrogens is 1. The van der Waals surface area contributed by atoms with Crippen LogP contribution in [0.25, 0.3) is 0 Å². The number of hydrogen-bond donors (Lipinski definition) is 0. The molecular weight excluding hydrogens is 403 g/mol. The number of pyridine rings is 1. The maximum absolute atomic E-state index is 13.7. The molecule has 8 nitrogen and oxygen atoms in total. The molecule has 0 bridgehead atoms. The van der Waals surface area contributed by atoms with Gasteiger partial charge in [-0.15, -0.1) is 0 Å². The number of anilines is 1. The first-order chi connectivity index (χ1) is 14.6. The van der Waals surface area contributed by atoms with E-state index in [1.165, 1.54) is 6.07 Å². The number of nitriles is 1. The van der Waals surface area contributed by atoms with E-state index in [0.717, 1.165) is 0 Å². The minimum atomic E-state index is -1.68. The lowest BCUT2D eigenvalue weighted by Crippen LogP contribution is -2.39. The molecule has 0 aromatic carbocycles. The summed E-state index contributed by atoms with van der Waals surface area (Å²) in [5.41, 5.74) is -0.608. The van der Waals surface area contributed by atoms with Gasteiger partial charge >= 0.3 is 12.0 Å². The van der Waals surface area contributed by atoms with E-state index in [1.54, 1.807) is 4.90 Å². The monoisotopic (exact) mass is 430 g/mol. The molecule has 1 aromatic heterocycles. The first-order valence-electron chi connectivity index (χ1n) is 10.5. The van der Waals surface area contributed by atoms with Gasteiger partial charge < -0.3 is 14.5 Å². The molecule has 3 heterocycles. The van der Waals surface area contributed by atoms with Gasteiger partial charge in [0.15, 0.2) is 0 Å². The summed E-state index contributed by atoms with van der Waals surface area (Å²) in [5.74, 6) is -0.207. The Hall–Kier alpha value is -3.02. The van der Waals surface area contributed by atoms with Gasteiger partial charge in [-0.3, -0.25) is 14.4 Å². The second-order valence-electron chi connectivity index (χ2n) is 8.95. The molecule has 0 aliphatic carbocycles. The predicted molar refractivity (Wildman–Crippen MR) is 110 cm³/mol. The van der Waals surface area contributed by atoms with Gasteiger partial charge in [-0.2, -0.15) is 9.65 Å². The number of carbonyl (C=O) groups is 3. The lowest BCUT2D eigenvalue weighted by atomic mass is 9.96. The van der Waals surface area contributed by atoms with Crippen molar-refractivity contribution in [2.75, 3.05) is 24.5 Å². The Bertz CT molecular complexity index is 927. The average Bonchev–Trinajstić information content (AvgIpc) is 3.10. The van der Waals surface area contributed by atoms with Crippen LogP contribution < -0.4 is 4.90 Å². The zero-order valence-corrected chi connectivity index (χ0v) is 18.1. The van der Waals surface area contributed by atoms with Crippen LogP contribution in [-0.4, -0.2) is 53.0 Å². The number of ether oxygens (including phenoxy) is 1. The highest BCUT2D eigenvalue weighted by atomic mass is 19.1. The van der Waals surface area contributed by atoms with Crippen molar-refractivity contribution < 1.29 is 23.5 Å². The topological polar surface area (TPSA) is 104 Å². The van der Waals surface area contributed by atoms with Crippen molar-refractivity contribution in [3.05, 3.63) is 22.9 Å². The third-order valence-electron chi connectivity index (χ3n) is 5.46. The third-order valence-corrected chi connectivity index (χ3v) is 5.46. The van der Waals surface area contributed by atoms with Crippen LogP contribution in [0.1, 0.15) is 68.1 Å². The fourth-order valence-corrected chi connectivity index (χ4v) is 3.92. The number of esters is 1. The van der Waals surface area contributed by atoms with Crippen LogP contribution in [0.3, 0.4) is 0 Å². The highest BCUT2D eigenvalue weighted by Crippen LogP contribution is 2.29. The van der Waals surface area contributed by atoms with Gasteiger partial charge in [0.05, 0.1) is 29.3 Å². The number of carbonyl (C=O) groups excluding carboxylic acids is 3. The summed E-state index contributed by atoms with van der Waals surface area (Å²) in [6.45, 7) is 6.96. The van der Waals surface area contributed by atoms with Crippen molar-refractivity contribution in [2.24, 2.45) is 5.92 Å². The molecule has 0 spiro atoms. The molecule has 0 N–H and O–H groups in total. The molecular formula is C22H27FN4O4. The Kier molecular flexibility index (Phi) is 6.58. The van der Waals surface area contributed by atoms with Crippen LogP contribution in [0.15, 0.2) is 6.07 Å². The highest BCUT2D eigenvalue weighted by Gasteiger charge is 2.31. The smallest absolute Gasteiger partial charge is 0.334 e. The Labute approximate surface area is 181 Å². The molecule has 2 saturated heterocycles. The lowest BCUT2D eigenvalue weighted by molar-refractivity contribution is -0.160. The van der Waals surface area contributed by atoms with Crippen LogP contribution in [-0.2, 0) is 20.9 Å². The van der Waals surface area contributed by atoms with E-state index in [-0.39, 0.29) is 41.2 Å². The number of nitrogens with zero attached hydrogens (tertiary/aromatic N) is 4. The van der Waals surface area contributed by atoms with Crippen LogP contribution in [0.2, 0.25) is 0 Å². The van der Waals surface area contributed by atoms with Crippen LogP contribution >= 0.6 is 0 Å². The van der Waals surface area contributed by atoms with E-state index in [0.29, 0.717) is 51.1 Å². The van der Waals surface area contributed by atoms with E-state index < -0.39 is 11.6 Å². The summed E-state index contributed by atoms with van der Waals surface area (Å²) in [5, 5.41) is 9.55. The Morgan fingerprint density at radius 1 is 1.29 bits per heavy atom. The second-order valence-corrected chi connectivity index (χ2v) is 8.95. The zero-order valence-electron chi connectivity index (χ0n) is 18.1. The summed E-state index contributed by atoms with van der Waals surface area (Å²) in [4.78, 5) is 43.7. The SMILES string of the molecule is CC(C)(C)OC(=O)C1CCN(c2nc(CN3CCCC3=O)c(C(=O)F)cc2C#N)CC1. The molecule has 0 saturated carbocycles. The zero-order chi connectivity index (χ0) is 22.8. The Balaban J connectivity index is 1.81. The molecule has 2 aliphatic heterocycles. The van der Waals surface area contributed by atoms with Gasteiger partial charge in [0.2, 0.25) is 5.91 Å². The molecule has 3 rings (SSSR count). The van der Waals surface area contributed by atoms with E-state index >= 15 is 0 Å². The van der Waals surface area contributed by atoms with Crippen LogP contribution in [0, 0.1) is 17.2 Å². The summed E-state index contributed by atoms with van der Waals surface area (Å²) in [6.07, 6.45) is 2.19. The molecule has 0 radical (unpaired) electrons. The number of amides is 1. The highest BCUT2D eigenvalue weighted by molar-refractivity contribution is 5.91. The fourth-order valence-electron chi connectivity index (χ4n) is 3.92. The van der Waals surface area contributed by atoms with Gasteiger partial charge in [0, 0.05) is 26.1 Å². The van der Waals surface area contributed by atoms with Crippen molar-refractivity contribution in [3.8, 4) is 6.07 Å². The maximum atomic E-state index is 13.7. The van der Waals surface area contributed by atoms with Crippen LogP contribution in [0.4, 0.5) is 10.2 Å². The van der Waals surface area contributed by atoms with Gasteiger partial charge in [0.1, 0.15) is 17.5 Å². The van der Waals surface area contributed by atoms with E-state index in [2.05, 4.69) is 4.98 Å². The summed E-state index contributed by atoms with van der Waals surface area (Å²) in [7, 11) is 0. The van der Waals surface area contributed by atoms with Crippen molar-refractivity contribution >= 4 is 23.7 Å². The third kappa shape index (κ3) is 5.37. The van der Waals surface area contributed by atoms with Crippen molar-refractivity contribution in [1.29, 1.82) is 5.26 Å². The first kappa shape index (κ1) is 22.7. The van der Waals surface area contributed by atoms with Crippen molar-refractivity contribution in [3.63, 3.8) is 0 Å². The van der Waals surface area contributed by atoms with E-state index in [1.807, 2.05) is 31.7 Å². The number of piperidine rings is 1. The molecule has 31 heavy (non-hydrogen) atoms.